The number of imidazole rings is 1. The smallest absolute Gasteiger partial charge is 0.295 e. The lowest BCUT2D eigenvalue weighted by Crippen LogP contribution is -2.39. The van der Waals surface area contributed by atoms with Crippen LogP contribution in [0.15, 0.2) is 61.2 Å². The topological polar surface area (TPSA) is 79.4 Å². The van der Waals surface area contributed by atoms with Crippen LogP contribution in [0.4, 0.5) is 0 Å². The molecule has 0 spiro atoms. The predicted octanol–water partition coefficient (Wildman–Crippen LogP) is 4.55. The molecule has 0 fully saturated rings. The van der Waals surface area contributed by atoms with Gasteiger partial charge in [-0.1, -0.05) is 41.4 Å². The van der Waals surface area contributed by atoms with Gasteiger partial charge in [0.05, 0.1) is 20.0 Å². The summed E-state index contributed by atoms with van der Waals surface area (Å²) >= 11 is 12.7. The van der Waals surface area contributed by atoms with Crippen molar-refractivity contribution >= 4 is 23.2 Å². The quantitative estimate of drug-likeness (QED) is 0.393. The van der Waals surface area contributed by atoms with Crippen LogP contribution >= 0.6 is 23.2 Å². The fraction of sp³-hybridized carbons (Fsp3) is 0.211. The standard InChI is InChI=1S/C19H17Cl2N3O4/c1-27-15-7-5-14(6-8-15)19(28-24(25)26,12-23-10-9-22-13-23)11-16-17(20)3-2-4-18(16)21/h2-10,13H,11-12H2,1H3. The second-order valence-corrected chi connectivity index (χ2v) is 6.96. The average Bonchev–Trinajstić information content (AvgIpc) is 3.17. The summed E-state index contributed by atoms with van der Waals surface area (Å²) in [6.07, 6.45) is 4.94. The van der Waals surface area contributed by atoms with Gasteiger partial charge < -0.3 is 14.1 Å². The number of nitrogens with zero attached hydrogens (tertiary/aromatic N) is 3. The Hall–Kier alpha value is -2.77. The van der Waals surface area contributed by atoms with Crippen LogP contribution in [-0.4, -0.2) is 21.7 Å². The molecule has 146 valence electrons. The number of aromatic nitrogens is 2. The third-order valence-corrected chi connectivity index (χ3v) is 5.09. The highest BCUT2D eigenvalue weighted by molar-refractivity contribution is 6.36. The number of ether oxygens (including phenoxy) is 1. The van der Waals surface area contributed by atoms with Crippen molar-refractivity contribution in [2.24, 2.45) is 0 Å². The van der Waals surface area contributed by atoms with Crippen molar-refractivity contribution in [3.05, 3.63) is 92.5 Å². The Kier molecular flexibility index (Phi) is 6.06. The third kappa shape index (κ3) is 4.37. The lowest BCUT2D eigenvalue weighted by atomic mass is 9.86. The Morgan fingerprint density at radius 3 is 2.39 bits per heavy atom. The van der Waals surface area contributed by atoms with Crippen molar-refractivity contribution in [1.82, 2.24) is 9.55 Å². The first-order valence-corrected chi connectivity index (χ1v) is 9.06. The molecule has 1 unspecified atom stereocenters. The lowest BCUT2D eigenvalue weighted by Gasteiger charge is -2.33. The van der Waals surface area contributed by atoms with Crippen LogP contribution in [0.3, 0.4) is 0 Å². The molecule has 0 aliphatic carbocycles. The van der Waals surface area contributed by atoms with Crippen molar-refractivity contribution in [3.63, 3.8) is 0 Å². The molecule has 0 aliphatic heterocycles. The van der Waals surface area contributed by atoms with E-state index in [-0.39, 0.29) is 13.0 Å². The van der Waals surface area contributed by atoms with E-state index in [0.29, 0.717) is 26.9 Å². The molecule has 1 aromatic heterocycles. The zero-order valence-electron chi connectivity index (χ0n) is 14.9. The summed E-state index contributed by atoms with van der Waals surface area (Å²) in [5.41, 5.74) is -0.247. The van der Waals surface area contributed by atoms with E-state index in [0.717, 1.165) is 0 Å². The molecule has 0 aliphatic rings. The molecular formula is C19H17Cl2N3O4. The SMILES string of the molecule is COc1ccc(C(Cc2c(Cl)cccc2Cl)(Cn2ccnc2)O[N+](=O)[O-])cc1. The van der Waals surface area contributed by atoms with E-state index in [9.17, 15) is 10.1 Å². The van der Waals surface area contributed by atoms with Gasteiger partial charge in [0.2, 0.25) is 0 Å². The minimum atomic E-state index is -1.38. The highest BCUT2D eigenvalue weighted by Crippen LogP contribution is 2.37. The van der Waals surface area contributed by atoms with E-state index in [1.54, 1.807) is 72.9 Å². The summed E-state index contributed by atoms with van der Waals surface area (Å²) in [6.45, 7) is 0.127. The summed E-state index contributed by atoms with van der Waals surface area (Å²) in [5.74, 6) is 0.622. The molecule has 3 rings (SSSR count). The number of halogens is 2. The number of benzene rings is 2. The van der Waals surface area contributed by atoms with Gasteiger partial charge in [-0.25, -0.2) is 4.98 Å². The first kappa shape index (κ1) is 20.0. The maximum absolute atomic E-state index is 11.5. The van der Waals surface area contributed by atoms with Crippen molar-refractivity contribution < 1.29 is 14.7 Å². The van der Waals surface area contributed by atoms with E-state index >= 15 is 0 Å². The average molecular weight is 422 g/mol. The Morgan fingerprint density at radius 1 is 1.18 bits per heavy atom. The maximum Gasteiger partial charge on any atom is 0.295 e. The summed E-state index contributed by atoms with van der Waals surface area (Å²) < 4.78 is 6.90. The minimum absolute atomic E-state index is 0.0804. The van der Waals surface area contributed by atoms with Gasteiger partial charge in [0.15, 0.2) is 5.60 Å². The zero-order valence-corrected chi connectivity index (χ0v) is 16.4. The first-order chi connectivity index (χ1) is 13.4. The van der Waals surface area contributed by atoms with Crippen molar-refractivity contribution in [2.45, 2.75) is 18.6 Å². The van der Waals surface area contributed by atoms with Crippen LogP contribution in [0.1, 0.15) is 11.1 Å². The normalized spacial score (nSPS) is 13.0. The molecule has 0 bridgehead atoms. The predicted molar refractivity (Wildman–Crippen MR) is 105 cm³/mol. The summed E-state index contributed by atoms with van der Waals surface area (Å²) in [4.78, 5) is 20.8. The van der Waals surface area contributed by atoms with Gasteiger partial charge in [-0.05, 0) is 35.4 Å². The van der Waals surface area contributed by atoms with E-state index < -0.39 is 10.7 Å². The van der Waals surface area contributed by atoms with Gasteiger partial charge in [-0.15, -0.1) is 10.1 Å². The molecule has 9 heteroatoms. The number of methoxy groups -OCH3 is 1. The second-order valence-electron chi connectivity index (χ2n) is 6.15. The van der Waals surface area contributed by atoms with E-state index in [4.69, 9.17) is 32.8 Å². The van der Waals surface area contributed by atoms with Gasteiger partial charge in [0.25, 0.3) is 5.09 Å². The molecule has 0 amide bonds. The first-order valence-electron chi connectivity index (χ1n) is 8.30. The molecule has 28 heavy (non-hydrogen) atoms. The Bertz CT molecular complexity index is 928. The highest BCUT2D eigenvalue weighted by Gasteiger charge is 2.39. The largest absolute Gasteiger partial charge is 0.497 e. The molecule has 0 radical (unpaired) electrons. The van der Waals surface area contributed by atoms with Crippen LogP contribution in [0.2, 0.25) is 10.0 Å². The Morgan fingerprint density at radius 2 is 1.86 bits per heavy atom. The fourth-order valence-corrected chi connectivity index (χ4v) is 3.59. The van der Waals surface area contributed by atoms with Crippen LogP contribution in [-0.2, 0) is 23.4 Å². The van der Waals surface area contributed by atoms with Gasteiger partial charge in [0.1, 0.15) is 5.75 Å². The maximum atomic E-state index is 11.5. The Balaban J connectivity index is 2.14. The van der Waals surface area contributed by atoms with E-state index in [1.165, 1.54) is 0 Å². The Labute approximate surface area is 171 Å². The van der Waals surface area contributed by atoms with Crippen molar-refractivity contribution in [1.29, 1.82) is 0 Å². The monoisotopic (exact) mass is 421 g/mol. The molecule has 0 N–H and O–H groups in total. The van der Waals surface area contributed by atoms with Crippen LogP contribution in [0, 0.1) is 10.1 Å². The van der Waals surface area contributed by atoms with Gasteiger partial charge >= 0.3 is 0 Å². The summed E-state index contributed by atoms with van der Waals surface area (Å²) in [7, 11) is 1.55. The molecule has 1 atom stereocenters. The van der Waals surface area contributed by atoms with Gasteiger partial charge in [-0.3, -0.25) is 0 Å². The number of rotatable bonds is 8. The van der Waals surface area contributed by atoms with Crippen molar-refractivity contribution in [2.75, 3.05) is 7.11 Å². The molecule has 0 saturated carbocycles. The fourth-order valence-electron chi connectivity index (χ4n) is 3.06. The van der Waals surface area contributed by atoms with E-state index in [2.05, 4.69) is 4.98 Å². The van der Waals surface area contributed by atoms with Crippen LogP contribution < -0.4 is 4.74 Å². The molecule has 0 saturated heterocycles. The molecule has 7 nitrogen and oxygen atoms in total. The zero-order chi connectivity index (χ0) is 20.1. The second kappa shape index (κ2) is 8.50. The minimum Gasteiger partial charge on any atom is -0.497 e. The van der Waals surface area contributed by atoms with Crippen LogP contribution in [0.25, 0.3) is 0 Å². The van der Waals surface area contributed by atoms with Gasteiger partial charge in [0, 0.05) is 28.9 Å². The van der Waals surface area contributed by atoms with Crippen LogP contribution in [0.5, 0.6) is 5.75 Å². The number of hydrogen-bond acceptors (Lipinski definition) is 5. The van der Waals surface area contributed by atoms with Gasteiger partial charge in [-0.2, -0.15) is 0 Å². The number of hydrogen-bond donors (Lipinski definition) is 0. The van der Waals surface area contributed by atoms with Crippen molar-refractivity contribution in [3.8, 4) is 5.75 Å². The third-order valence-electron chi connectivity index (χ3n) is 4.39. The van der Waals surface area contributed by atoms with E-state index in [1.807, 2.05) is 0 Å². The summed E-state index contributed by atoms with van der Waals surface area (Å²) in [5, 5.41) is 11.5. The molecule has 1 heterocycles. The molecule has 3 aromatic rings. The molecule has 2 aromatic carbocycles. The lowest BCUT2D eigenvalue weighted by molar-refractivity contribution is -0.785. The molecular weight excluding hydrogens is 405 g/mol. The highest BCUT2D eigenvalue weighted by atomic mass is 35.5. The summed E-state index contributed by atoms with van der Waals surface area (Å²) in [6, 6.07) is 12.0.